The van der Waals surface area contributed by atoms with E-state index in [1.54, 1.807) is 18.2 Å². The molecule has 1 aliphatic heterocycles. The molecule has 104 valence electrons. The van der Waals surface area contributed by atoms with Crippen LogP contribution in [0, 0.1) is 0 Å². The van der Waals surface area contributed by atoms with E-state index < -0.39 is 5.97 Å². The number of benzene rings is 1. The topological polar surface area (TPSA) is 70.8 Å². The van der Waals surface area contributed by atoms with Crippen LogP contribution < -0.4 is 10.5 Å². The Morgan fingerprint density at radius 3 is 3.00 bits per heavy atom. The fourth-order valence-corrected chi connectivity index (χ4v) is 2.10. The van der Waals surface area contributed by atoms with Crippen molar-refractivity contribution in [1.29, 1.82) is 0 Å². The van der Waals surface area contributed by atoms with E-state index in [9.17, 15) is 4.79 Å². The fourth-order valence-electron chi connectivity index (χ4n) is 2.10. The predicted molar refractivity (Wildman–Crippen MR) is 71.3 cm³/mol. The van der Waals surface area contributed by atoms with E-state index in [0.29, 0.717) is 29.7 Å². The number of ether oxygens (including phenoxy) is 3. The summed E-state index contributed by atoms with van der Waals surface area (Å²) in [5.41, 5.74) is 6.71. The summed E-state index contributed by atoms with van der Waals surface area (Å²) in [7, 11) is 1.34. The lowest BCUT2D eigenvalue weighted by atomic mass is 10.2. The average Bonchev–Trinajstić information content (AvgIpc) is 2.93. The van der Waals surface area contributed by atoms with Gasteiger partial charge in [-0.25, -0.2) is 4.79 Å². The van der Waals surface area contributed by atoms with Crippen molar-refractivity contribution in [1.82, 2.24) is 0 Å². The third kappa shape index (κ3) is 3.61. The third-order valence-corrected chi connectivity index (χ3v) is 3.15. The summed E-state index contributed by atoms with van der Waals surface area (Å²) in [6.45, 7) is 1.41. The predicted octanol–water partition coefficient (Wildman–Crippen LogP) is 2.00. The van der Waals surface area contributed by atoms with E-state index in [2.05, 4.69) is 4.74 Å². The van der Waals surface area contributed by atoms with Crippen LogP contribution in [0.25, 0.3) is 0 Å². The molecule has 1 aromatic rings. The van der Waals surface area contributed by atoms with Crippen LogP contribution in [0.15, 0.2) is 18.2 Å². The van der Waals surface area contributed by atoms with Gasteiger partial charge in [-0.15, -0.1) is 0 Å². The zero-order valence-electron chi connectivity index (χ0n) is 11.1. The Balaban J connectivity index is 1.87. The van der Waals surface area contributed by atoms with Gasteiger partial charge in [0.05, 0.1) is 31.1 Å². The number of rotatable bonds is 5. The molecule has 0 saturated carbocycles. The summed E-state index contributed by atoms with van der Waals surface area (Å²) in [6.07, 6.45) is 3.38. The van der Waals surface area contributed by atoms with Gasteiger partial charge in [-0.05, 0) is 31.0 Å². The van der Waals surface area contributed by atoms with Gasteiger partial charge < -0.3 is 19.9 Å². The standard InChI is InChI=1S/C14H19NO4/c1-17-14(16)10-4-5-13(12(15)9-10)19-8-6-11-3-2-7-18-11/h4-5,9,11H,2-3,6-8,15H2,1H3. The number of hydrogen-bond donors (Lipinski definition) is 1. The van der Waals surface area contributed by atoms with Gasteiger partial charge in [-0.2, -0.15) is 0 Å². The Bertz CT molecular complexity index is 441. The second-order valence-corrected chi connectivity index (χ2v) is 4.52. The number of carbonyl (C=O) groups excluding carboxylic acids is 1. The van der Waals surface area contributed by atoms with Crippen molar-refractivity contribution in [2.75, 3.05) is 26.1 Å². The number of nitrogen functional groups attached to an aromatic ring is 1. The minimum atomic E-state index is -0.405. The van der Waals surface area contributed by atoms with Gasteiger partial charge in [-0.3, -0.25) is 0 Å². The molecule has 1 aliphatic rings. The van der Waals surface area contributed by atoms with Gasteiger partial charge >= 0.3 is 5.97 Å². The normalized spacial score (nSPS) is 18.3. The highest BCUT2D eigenvalue weighted by Gasteiger charge is 2.15. The molecule has 2 N–H and O–H groups in total. The van der Waals surface area contributed by atoms with Crippen LogP contribution in [-0.2, 0) is 9.47 Å². The van der Waals surface area contributed by atoms with Crippen molar-refractivity contribution in [3.63, 3.8) is 0 Å². The summed E-state index contributed by atoms with van der Waals surface area (Å²) < 4.78 is 15.8. The van der Waals surface area contributed by atoms with E-state index in [1.807, 2.05) is 0 Å². The Labute approximate surface area is 112 Å². The van der Waals surface area contributed by atoms with Crippen LogP contribution in [0.4, 0.5) is 5.69 Å². The molecule has 1 atom stereocenters. The van der Waals surface area contributed by atoms with Crippen molar-refractivity contribution in [3.05, 3.63) is 23.8 Å². The third-order valence-electron chi connectivity index (χ3n) is 3.15. The highest BCUT2D eigenvalue weighted by Crippen LogP contribution is 2.24. The molecule has 0 aromatic heterocycles. The van der Waals surface area contributed by atoms with E-state index in [1.165, 1.54) is 7.11 Å². The molecule has 5 nitrogen and oxygen atoms in total. The van der Waals surface area contributed by atoms with Crippen molar-refractivity contribution in [3.8, 4) is 5.75 Å². The van der Waals surface area contributed by atoms with Crippen molar-refractivity contribution in [2.45, 2.75) is 25.4 Å². The molecule has 1 fully saturated rings. The Morgan fingerprint density at radius 2 is 2.37 bits per heavy atom. The van der Waals surface area contributed by atoms with Crippen molar-refractivity contribution >= 4 is 11.7 Å². The first-order valence-electron chi connectivity index (χ1n) is 6.43. The van der Waals surface area contributed by atoms with Crippen LogP contribution in [0.5, 0.6) is 5.75 Å². The number of esters is 1. The minimum absolute atomic E-state index is 0.301. The van der Waals surface area contributed by atoms with E-state index in [-0.39, 0.29) is 0 Å². The molecule has 0 amide bonds. The summed E-state index contributed by atoms with van der Waals surface area (Å²) in [4.78, 5) is 11.3. The van der Waals surface area contributed by atoms with Crippen LogP contribution in [0.3, 0.4) is 0 Å². The number of carbonyl (C=O) groups is 1. The van der Waals surface area contributed by atoms with Crippen LogP contribution in [0.2, 0.25) is 0 Å². The van der Waals surface area contributed by atoms with Gasteiger partial charge in [-0.1, -0.05) is 0 Å². The molecule has 1 unspecified atom stereocenters. The van der Waals surface area contributed by atoms with E-state index >= 15 is 0 Å². The maximum Gasteiger partial charge on any atom is 0.337 e. The summed E-state index contributed by atoms with van der Waals surface area (Å²) in [6, 6.07) is 4.90. The second kappa shape index (κ2) is 6.43. The fraction of sp³-hybridized carbons (Fsp3) is 0.500. The Hall–Kier alpha value is -1.75. The Morgan fingerprint density at radius 1 is 1.53 bits per heavy atom. The summed E-state index contributed by atoms with van der Waals surface area (Å²) in [5, 5.41) is 0. The maximum absolute atomic E-state index is 11.3. The van der Waals surface area contributed by atoms with Gasteiger partial charge in [0.25, 0.3) is 0 Å². The number of nitrogens with two attached hydrogens (primary N) is 1. The zero-order chi connectivity index (χ0) is 13.7. The van der Waals surface area contributed by atoms with Crippen molar-refractivity contribution in [2.24, 2.45) is 0 Å². The van der Waals surface area contributed by atoms with E-state index in [4.69, 9.17) is 15.2 Å². The monoisotopic (exact) mass is 265 g/mol. The molecule has 19 heavy (non-hydrogen) atoms. The lowest BCUT2D eigenvalue weighted by molar-refractivity contribution is 0.0601. The number of methoxy groups -OCH3 is 1. The van der Waals surface area contributed by atoms with Gasteiger partial charge in [0.2, 0.25) is 0 Å². The lowest BCUT2D eigenvalue weighted by Crippen LogP contribution is -2.11. The molecule has 0 radical (unpaired) electrons. The van der Waals surface area contributed by atoms with Crippen molar-refractivity contribution < 1.29 is 19.0 Å². The molecular formula is C14H19NO4. The number of anilines is 1. The highest BCUT2D eigenvalue weighted by atomic mass is 16.5. The molecule has 1 heterocycles. The average molecular weight is 265 g/mol. The molecular weight excluding hydrogens is 246 g/mol. The van der Waals surface area contributed by atoms with Gasteiger partial charge in [0.15, 0.2) is 0 Å². The van der Waals surface area contributed by atoms with Crippen LogP contribution >= 0.6 is 0 Å². The molecule has 5 heteroatoms. The maximum atomic E-state index is 11.3. The summed E-state index contributed by atoms with van der Waals surface area (Å²) >= 11 is 0. The zero-order valence-corrected chi connectivity index (χ0v) is 11.1. The molecule has 0 spiro atoms. The molecule has 1 saturated heterocycles. The van der Waals surface area contributed by atoms with Crippen LogP contribution in [-0.4, -0.2) is 32.4 Å². The first kappa shape index (κ1) is 13.7. The van der Waals surface area contributed by atoms with Crippen LogP contribution in [0.1, 0.15) is 29.6 Å². The molecule has 1 aromatic carbocycles. The molecule has 2 rings (SSSR count). The minimum Gasteiger partial charge on any atom is -0.491 e. The number of hydrogen-bond acceptors (Lipinski definition) is 5. The molecule has 0 bridgehead atoms. The second-order valence-electron chi connectivity index (χ2n) is 4.52. The lowest BCUT2D eigenvalue weighted by Gasteiger charge is -2.12. The summed E-state index contributed by atoms with van der Waals surface area (Å²) in [5.74, 6) is 0.184. The quantitative estimate of drug-likeness (QED) is 0.651. The van der Waals surface area contributed by atoms with Gasteiger partial charge in [0, 0.05) is 13.0 Å². The van der Waals surface area contributed by atoms with Gasteiger partial charge in [0.1, 0.15) is 5.75 Å². The SMILES string of the molecule is COC(=O)c1ccc(OCCC2CCCO2)c(N)c1. The first-order chi connectivity index (χ1) is 9.20. The first-order valence-corrected chi connectivity index (χ1v) is 6.43. The van der Waals surface area contributed by atoms with E-state index in [0.717, 1.165) is 25.9 Å². The largest absolute Gasteiger partial charge is 0.491 e. The smallest absolute Gasteiger partial charge is 0.337 e. The molecule has 0 aliphatic carbocycles. The highest BCUT2D eigenvalue weighted by molar-refractivity contribution is 5.90. The Kier molecular flexibility index (Phi) is 4.63.